The topological polar surface area (TPSA) is 59.1 Å². The lowest BCUT2D eigenvalue weighted by atomic mass is 9.77. The molecule has 2 heterocycles. The lowest BCUT2D eigenvalue weighted by Gasteiger charge is -2.38. The van der Waals surface area contributed by atoms with E-state index in [0.717, 1.165) is 68.7 Å². The van der Waals surface area contributed by atoms with Crippen molar-refractivity contribution in [1.29, 1.82) is 0 Å². The first-order valence-electron chi connectivity index (χ1n) is 13.2. The van der Waals surface area contributed by atoms with Crippen LogP contribution in [0.5, 0.6) is 11.5 Å². The summed E-state index contributed by atoms with van der Waals surface area (Å²) in [5.41, 5.74) is 2.26. The Bertz CT molecular complexity index is 1050. The van der Waals surface area contributed by atoms with Gasteiger partial charge in [-0.25, -0.2) is 0 Å². The summed E-state index contributed by atoms with van der Waals surface area (Å²) in [5, 5.41) is 0. The van der Waals surface area contributed by atoms with E-state index in [9.17, 15) is 9.59 Å². The highest BCUT2D eigenvalue weighted by atomic mass is 16.5. The predicted molar refractivity (Wildman–Crippen MR) is 136 cm³/mol. The van der Waals surface area contributed by atoms with Gasteiger partial charge in [0, 0.05) is 44.1 Å². The van der Waals surface area contributed by atoms with E-state index >= 15 is 0 Å². The second-order valence-electron chi connectivity index (χ2n) is 9.89. The highest BCUT2D eigenvalue weighted by Crippen LogP contribution is 2.37. The molecule has 2 fully saturated rings. The molecule has 3 aliphatic rings. The first-order valence-corrected chi connectivity index (χ1v) is 13.2. The molecular formula is C29H36N2O4. The van der Waals surface area contributed by atoms with Gasteiger partial charge in [-0.2, -0.15) is 0 Å². The summed E-state index contributed by atoms with van der Waals surface area (Å²) in [4.78, 5) is 31.2. The van der Waals surface area contributed by atoms with Crippen LogP contribution in [0, 0.1) is 11.8 Å². The number of hydrogen-bond acceptors (Lipinski definition) is 4. The van der Waals surface area contributed by atoms with E-state index in [0.29, 0.717) is 19.7 Å². The number of hydrogen-bond donors (Lipinski definition) is 0. The summed E-state index contributed by atoms with van der Waals surface area (Å²) in [5.74, 6) is 1.40. The van der Waals surface area contributed by atoms with Crippen LogP contribution in [0.1, 0.15) is 51.0 Å². The highest BCUT2D eigenvalue weighted by molar-refractivity contribution is 5.99. The Morgan fingerprint density at radius 2 is 1.49 bits per heavy atom. The van der Waals surface area contributed by atoms with Crippen LogP contribution in [0.25, 0.3) is 0 Å². The maximum absolute atomic E-state index is 13.6. The van der Waals surface area contributed by atoms with Crippen LogP contribution in [0.2, 0.25) is 0 Å². The van der Waals surface area contributed by atoms with E-state index in [4.69, 9.17) is 9.47 Å². The summed E-state index contributed by atoms with van der Waals surface area (Å²) in [6, 6.07) is 15.9. The van der Waals surface area contributed by atoms with Gasteiger partial charge < -0.3 is 19.3 Å². The van der Waals surface area contributed by atoms with E-state index < -0.39 is 0 Å². The number of fused-ring (bicyclic) bond motifs is 1. The molecule has 2 aromatic carbocycles. The number of para-hydroxylation sites is 3. The molecule has 2 aliphatic heterocycles. The molecule has 2 atom stereocenters. The summed E-state index contributed by atoms with van der Waals surface area (Å²) in [7, 11) is 0. The normalized spacial score (nSPS) is 22.5. The molecule has 2 amide bonds. The highest BCUT2D eigenvalue weighted by Gasteiger charge is 2.41. The number of nitrogens with zero attached hydrogens (tertiary/aromatic N) is 2. The maximum atomic E-state index is 13.6. The van der Waals surface area contributed by atoms with Gasteiger partial charge in [-0.3, -0.25) is 9.59 Å². The smallest absolute Gasteiger partial charge is 0.230 e. The van der Waals surface area contributed by atoms with Crippen LogP contribution < -0.4 is 14.4 Å². The quantitative estimate of drug-likeness (QED) is 0.598. The third kappa shape index (κ3) is 5.02. The van der Waals surface area contributed by atoms with Gasteiger partial charge in [0.2, 0.25) is 11.8 Å². The van der Waals surface area contributed by atoms with Crippen molar-refractivity contribution in [2.45, 2.75) is 58.0 Å². The van der Waals surface area contributed by atoms with Crippen LogP contribution in [0.15, 0.2) is 48.5 Å². The number of rotatable bonds is 6. The fraction of sp³-hybridized carbons (Fsp3) is 0.517. The van der Waals surface area contributed by atoms with Crippen LogP contribution in [-0.2, 0) is 16.0 Å². The average molecular weight is 477 g/mol. The van der Waals surface area contributed by atoms with Gasteiger partial charge in [-0.05, 0) is 49.9 Å². The Hall–Kier alpha value is -3.02. The molecule has 186 valence electrons. The van der Waals surface area contributed by atoms with E-state index in [2.05, 4.69) is 6.07 Å². The number of carbonyl (C=O) groups is 2. The number of carbonyl (C=O) groups excluding carboxylic acids is 2. The Labute approximate surface area is 208 Å². The predicted octanol–water partition coefficient (Wildman–Crippen LogP) is 4.85. The van der Waals surface area contributed by atoms with Crippen molar-refractivity contribution >= 4 is 17.5 Å². The Balaban J connectivity index is 1.21. The third-order valence-electron chi connectivity index (χ3n) is 7.75. The summed E-state index contributed by atoms with van der Waals surface area (Å²) < 4.78 is 11.9. The second-order valence-corrected chi connectivity index (χ2v) is 9.89. The molecule has 0 aromatic heterocycles. The fourth-order valence-electron chi connectivity index (χ4n) is 5.92. The lowest BCUT2D eigenvalue weighted by Crippen LogP contribution is -2.49. The van der Waals surface area contributed by atoms with Gasteiger partial charge in [-0.1, -0.05) is 43.2 Å². The minimum atomic E-state index is -0.213. The monoisotopic (exact) mass is 476 g/mol. The van der Waals surface area contributed by atoms with Gasteiger partial charge in [0.15, 0.2) is 11.5 Å². The number of anilines is 1. The van der Waals surface area contributed by atoms with Gasteiger partial charge in [0.1, 0.15) is 6.10 Å². The zero-order valence-corrected chi connectivity index (χ0v) is 20.7. The summed E-state index contributed by atoms with van der Waals surface area (Å²) in [6.45, 7) is 4.63. The molecule has 35 heavy (non-hydrogen) atoms. The molecule has 1 saturated heterocycles. The van der Waals surface area contributed by atoms with Crippen LogP contribution in [-0.4, -0.2) is 49.1 Å². The van der Waals surface area contributed by atoms with Crippen molar-refractivity contribution in [2.24, 2.45) is 11.8 Å². The van der Waals surface area contributed by atoms with Crippen LogP contribution in [0.4, 0.5) is 5.69 Å². The van der Waals surface area contributed by atoms with Crippen molar-refractivity contribution in [2.75, 3.05) is 31.1 Å². The number of likely N-dealkylation sites (tertiary alicyclic amines) is 1. The standard InChI is InChI=1S/C29H36N2O4/c1-2-34-26-13-7-8-14-27(26)35-22-16-18-30(19-17-22)28(32)23-10-4-5-11-24(23)29(33)31-20-15-21-9-3-6-12-25(21)31/h3,6-9,12-14,22-24H,2,4-5,10-11,15-20H2,1H3. The molecule has 0 spiro atoms. The molecule has 0 N–H and O–H groups in total. The van der Waals surface area contributed by atoms with Gasteiger partial charge in [0.05, 0.1) is 12.5 Å². The first kappa shape index (κ1) is 23.7. The molecule has 6 heteroatoms. The van der Waals surface area contributed by atoms with Crippen molar-refractivity contribution in [3.63, 3.8) is 0 Å². The maximum Gasteiger partial charge on any atom is 0.230 e. The SMILES string of the molecule is CCOc1ccccc1OC1CCN(C(=O)C2CCCCC2C(=O)N2CCc3ccccc32)CC1. The first-order chi connectivity index (χ1) is 17.2. The van der Waals surface area contributed by atoms with Crippen LogP contribution >= 0.6 is 0 Å². The van der Waals surface area contributed by atoms with Gasteiger partial charge >= 0.3 is 0 Å². The van der Waals surface area contributed by atoms with Gasteiger partial charge in [0.25, 0.3) is 0 Å². The molecule has 0 bridgehead atoms. The number of piperidine rings is 1. The fourth-order valence-corrected chi connectivity index (χ4v) is 5.92. The second kappa shape index (κ2) is 10.7. The van der Waals surface area contributed by atoms with Crippen molar-refractivity contribution in [1.82, 2.24) is 4.90 Å². The van der Waals surface area contributed by atoms with Crippen molar-refractivity contribution in [3.8, 4) is 11.5 Å². The minimum absolute atomic E-state index is 0.0607. The largest absolute Gasteiger partial charge is 0.490 e. The minimum Gasteiger partial charge on any atom is -0.490 e. The molecule has 6 nitrogen and oxygen atoms in total. The average Bonchev–Trinajstić information content (AvgIpc) is 3.34. The van der Waals surface area contributed by atoms with E-state index in [1.807, 2.05) is 59.2 Å². The zero-order chi connectivity index (χ0) is 24.2. The van der Waals surface area contributed by atoms with E-state index in [-0.39, 0.29) is 29.8 Å². The number of amides is 2. The van der Waals surface area contributed by atoms with Gasteiger partial charge in [-0.15, -0.1) is 0 Å². The zero-order valence-electron chi connectivity index (χ0n) is 20.7. The van der Waals surface area contributed by atoms with Crippen LogP contribution in [0.3, 0.4) is 0 Å². The molecule has 2 aromatic rings. The Kier molecular flexibility index (Phi) is 7.26. The van der Waals surface area contributed by atoms with Crippen molar-refractivity contribution in [3.05, 3.63) is 54.1 Å². The molecular weight excluding hydrogens is 440 g/mol. The third-order valence-corrected chi connectivity index (χ3v) is 7.75. The Morgan fingerprint density at radius 3 is 2.23 bits per heavy atom. The number of benzene rings is 2. The molecule has 1 saturated carbocycles. The number of ether oxygens (including phenoxy) is 2. The lowest BCUT2D eigenvalue weighted by molar-refractivity contribution is -0.144. The molecule has 2 unspecified atom stereocenters. The molecule has 1 aliphatic carbocycles. The summed E-state index contributed by atoms with van der Waals surface area (Å²) >= 11 is 0. The summed E-state index contributed by atoms with van der Waals surface area (Å²) in [6.07, 6.45) is 6.19. The molecule has 0 radical (unpaired) electrons. The van der Waals surface area contributed by atoms with E-state index in [1.165, 1.54) is 5.56 Å². The van der Waals surface area contributed by atoms with Crippen molar-refractivity contribution < 1.29 is 19.1 Å². The van der Waals surface area contributed by atoms with E-state index in [1.54, 1.807) is 0 Å². The molecule has 5 rings (SSSR count). The Morgan fingerprint density at radius 1 is 0.829 bits per heavy atom.